The summed E-state index contributed by atoms with van der Waals surface area (Å²) >= 11 is 0. The lowest BCUT2D eigenvalue weighted by molar-refractivity contribution is -0.129. The predicted molar refractivity (Wildman–Crippen MR) is 98.4 cm³/mol. The van der Waals surface area contributed by atoms with Crippen molar-refractivity contribution in [3.63, 3.8) is 0 Å². The van der Waals surface area contributed by atoms with E-state index in [1.165, 1.54) is 11.1 Å². The highest BCUT2D eigenvalue weighted by Gasteiger charge is 2.35. The number of rotatable bonds is 2. The van der Waals surface area contributed by atoms with Gasteiger partial charge in [0.1, 0.15) is 5.82 Å². The molecule has 0 atom stereocenters. The molecule has 4 heterocycles. The molecule has 0 N–H and O–H groups in total. The highest BCUT2D eigenvalue weighted by atomic mass is 19.3. The summed E-state index contributed by atoms with van der Waals surface area (Å²) in [5, 5.41) is 0. The van der Waals surface area contributed by atoms with Crippen LogP contribution in [0.25, 0.3) is 5.82 Å². The van der Waals surface area contributed by atoms with Gasteiger partial charge in [0, 0.05) is 70.5 Å². The van der Waals surface area contributed by atoms with Crippen LogP contribution in [-0.2, 0) is 17.8 Å². The van der Waals surface area contributed by atoms with Crippen molar-refractivity contribution in [1.82, 2.24) is 19.4 Å². The Kier molecular flexibility index (Phi) is 4.64. The van der Waals surface area contributed by atoms with Crippen LogP contribution in [0, 0.1) is 0 Å². The summed E-state index contributed by atoms with van der Waals surface area (Å²) in [7, 11) is 0. The summed E-state index contributed by atoms with van der Waals surface area (Å²) in [6, 6.07) is 5.44. The largest absolute Gasteiger partial charge is 0.338 e. The number of carbonyl (C=O) groups is 2. The highest BCUT2D eigenvalue weighted by molar-refractivity contribution is 5.94. The molecule has 2 amide bonds. The van der Waals surface area contributed by atoms with Crippen LogP contribution in [0.1, 0.15) is 41.4 Å². The van der Waals surface area contributed by atoms with Crippen LogP contribution in [0.15, 0.2) is 30.6 Å². The van der Waals surface area contributed by atoms with Crippen molar-refractivity contribution in [2.24, 2.45) is 0 Å². The molecule has 6 nitrogen and oxygen atoms in total. The molecule has 8 heteroatoms. The number of alkyl halides is 2. The summed E-state index contributed by atoms with van der Waals surface area (Å²) in [6.07, 6.45) is 3.58. The van der Waals surface area contributed by atoms with E-state index in [9.17, 15) is 18.4 Å². The minimum atomic E-state index is -2.68. The Bertz CT molecular complexity index is 897. The first-order chi connectivity index (χ1) is 13.3. The molecule has 2 aromatic rings. The molecule has 1 saturated heterocycles. The van der Waals surface area contributed by atoms with Crippen molar-refractivity contribution in [2.75, 3.05) is 19.6 Å². The third-order valence-electron chi connectivity index (χ3n) is 5.54. The second kappa shape index (κ2) is 7.00. The minimum Gasteiger partial charge on any atom is -0.338 e. The van der Waals surface area contributed by atoms with Crippen molar-refractivity contribution in [1.29, 1.82) is 0 Å². The molecule has 0 aliphatic carbocycles. The number of aromatic nitrogens is 2. The molecule has 0 unspecified atom stereocenters. The van der Waals surface area contributed by atoms with Crippen molar-refractivity contribution >= 4 is 11.8 Å². The number of amides is 2. The molecule has 0 bridgehead atoms. The van der Waals surface area contributed by atoms with Gasteiger partial charge in [-0.25, -0.2) is 13.8 Å². The van der Waals surface area contributed by atoms with Crippen LogP contribution in [0.5, 0.6) is 0 Å². The Labute approximate surface area is 161 Å². The molecule has 28 heavy (non-hydrogen) atoms. The number of hydrogen-bond acceptors (Lipinski definition) is 3. The third kappa shape index (κ3) is 3.50. The maximum absolute atomic E-state index is 13.3. The van der Waals surface area contributed by atoms with E-state index >= 15 is 0 Å². The first kappa shape index (κ1) is 18.6. The van der Waals surface area contributed by atoms with Gasteiger partial charge in [-0.15, -0.1) is 0 Å². The molecule has 0 aromatic carbocycles. The number of nitrogens with zero attached hydrogens (tertiary/aromatic N) is 4. The second-order valence-corrected chi connectivity index (χ2v) is 7.40. The van der Waals surface area contributed by atoms with Crippen molar-refractivity contribution in [2.45, 2.75) is 38.7 Å². The van der Waals surface area contributed by atoms with E-state index in [4.69, 9.17) is 0 Å². The van der Waals surface area contributed by atoms with Gasteiger partial charge in [0.15, 0.2) is 0 Å². The Balaban J connectivity index is 1.49. The fourth-order valence-electron chi connectivity index (χ4n) is 3.81. The van der Waals surface area contributed by atoms with Gasteiger partial charge >= 0.3 is 0 Å². The molecule has 148 valence electrons. The molecule has 0 saturated carbocycles. The van der Waals surface area contributed by atoms with E-state index in [0.717, 1.165) is 17.7 Å². The number of piperidine rings is 1. The summed E-state index contributed by atoms with van der Waals surface area (Å²) < 4.78 is 28.5. The zero-order valence-electron chi connectivity index (χ0n) is 15.7. The first-order valence-corrected chi connectivity index (χ1v) is 9.42. The van der Waals surface area contributed by atoms with Gasteiger partial charge in [0.2, 0.25) is 5.91 Å². The van der Waals surface area contributed by atoms with E-state index in [2.05, 4.69) is 4.98 Å². The fraction of sp³-hybridized carbons (Fsp3) is 0.450. The predicted octanol–water partition coefficient (Wildman–Crippen LogP) is 2.65. The molecule has 2 aromatic heterocycles. The SMILES string of the molecule is CC(=O)N1CCc2c(ccn2-c2ccc(C(=O)N3CCC(F)(F)CC3)cn2)C1. The monoisotopic (exact) mass is 388 g/mol. The molecular formula is C20H22F2N4O2. The normalized spacial score (nSPS) is 18.7. The number of hydrogen-bond donors (Lipinski definition) is 0. The molecule has 0 radical (unpaired) electrons. The van der Waals surface area contributed by atoms with Crippen LogP contribution in [0.4, 0.5) is 8.78 Å². The average molecular weight is 388 g/mol. The summed E-state index contributed by atoms with van der Waals surface area (Å²) in [4.78, 5) is 31.8. The average Bonchev–Trinajstić information content (AvgIpc) is 3.11. The van der Waals surface area contributed by atoms with Crippen LogP contribution in [-0.4, -0.2) is 56.7 Å². The molecule has 2 aliphatic rings. The van der Waals surface area contributed by atoms with Gasteiger partial charge in [-0.2, -0.15) is 0 Å². The van der Waals surface area contributed by atoms with Gasteiger partial charge in [0.05, 0.1) is 5.56 Å². The van der Waals surface area contributed by atoms with Crippen molar-refractivity contribution < 1.29 is 18.4 Å². The minimum absolute atomic E-state index is 0.0609. The number of halogens is 2. The van der Waals surface area contributed by atoms with Crippen molar-refractivity contribution in [3.8, 4) is 5.82 Å². The standard InChI is InChI=1S/C20H22F2N4O2/c1-14(27)25-8-5-17-16(13-25)4-9-26(17)18-3-2-15(12-23-18)19(28)24-10-6-20(21,22)7-11-24/h2-4,9,12H,5-8,10-11,13H2,1H3. The van der Waals surface area contributed by atoms with Crippen LogP contribution in [0.2, 0.25) is 0 Å². The fourth-order valence-corrected chi connectivity index (χ4v) is 3.81. The van der Waals surface area contributed by atoms with Gasteiger partial charge in [-0.1, -0.05) is 0 Å². The maximum Gasteiger partial charge on any atom is 0.255 e. The zero-order chi connectivity index (χ0) is 19.9. The molecule has 2 aliphatic heterocycles. The van der Waals surface area contributed by atoms with Gasteiger partial charge < -0.3 is 14.4 Å². The van der Waals surface area contributed by atoms with E-state index in [0.29, 0.717) is 24.5 Å². The lowest BCUT2D eigenvalue weighted by Crippen LogP contribution is -2.42. The smallest absolute Gasteiger partial charge is 0.255 e. The quantitative estimate of drug-likeness (QED) is 0.795. The Morgan fingerprint density at radius 3 is 2.46 bits per heavy atom. The highest BCUT2D eigenvalue weighted by Crippen LogP contribution is 2.28. The molecule has 0 spiro atoms. The van der Waals surface area contributed by atoms with E-state index < -0.39 is 5.92 Å². The number of carbonyl (C=O) groups excluding carboxylic acids is 2. The summed E-state index contributed by atoms with van der Waals surface area (Å²) in [6.45, 7) is 2.95. The Morgan fingerprint density at radius 1 is 1.07 bits per heavy atom. The summed E-state index contributed by atoms with van der Waals surface area (Å²) in [5.74, 6) is -2.18. The van der Waals surface area contributed by atoms with Crippen LogP contribution < -0.4 is 0 Å². The molecule has 4 rings (SSSR count). The van der Waals surface area contributed by atoms with Gasteiger partial charge in [-0.05, 0) is 23.8 Å². The second-order valence-electron chi connectivity index (χ2n) is 7.40. The first-order valence-electron chi connectivity index (χ1n) is 9.42. The number of pyridine rings is 1. The van der Waals surface area contributed by atoms with Gasteiger partial charge in [0.25, 0.3) is 11.8 Å². The third-order valence-corrected chi connectivity index (χ3v) is 5.54. The number of likely N-dealkylation sites (tertiary alicyclic amines) is 1. The van der Waals surface area contributed by atoms with Crippen molar-refractivity contribution in [3.05, 3.63) is 47.4 Å². The van der Waals surface area contributed by atoms with Crippen LogP contribution in [0.3, 0.4) is 0 Å². The lowest BCUT2D eigenvalue weighted by atomic mass is 10.1. The topological polar surface area (TPSA) is 58.4 Å². The van der Waals surface area contributed by atoms with Crippen LogP contribution >= 0.6 is 0 Å². The maximum atomic E-state index is 13.3. The Morgan fingerprint density at radius 2 is 1.82 bits per heavy atom. The molecule has 1 fully saturated rings. The van der Waals surface area contributed by atoms with E-state index in [-0.39, 0.29) is 37.7 Å². The summed E-state index contributed by atoms with van der Waals surface area (Å²) in [5.41, 5.74) is 2.61. The molecular weight excluding hydrogens is 366 g/mol. The number of fused-ring (bicyclic) bond motifs is 1. The lowest BCUT2D eigenvalue weighted by Gasteiger charge is -2.31. The Hall–Kier alpha value is -2.77. The van der Waals surface area contributed by atoms with Gasteiger partial charge in [-0.3, -0.25) is 9.59 Å². The van der Waals surface area contributed by atoms with E-state index in [1.54, 1.807) is 19.1 Å². The zero-order valence-corrected chi connectivity index (χ0v) is 15.7. The van der Waals surface area contributed by atoms with E-state index in [1.807, 2.05) is 21.7 Å².